The summed E-state index contributed by atoms with van der Waals surface area (Å²) in [6.45, 7) is -0.417. The maximum absolute atomic E-state index is 10.4. The van der Waals surface area contributed by atoms with Crippen LogP contribution in [0.1, 0.15) is 5.56 Å². The van der Waals surface area contributed by atoms with Crippen molar-refractivity contribution in [2.24, 2.45) is 0 Å². The van der Waals surface area contributed by atoms with E-state index in [1.54, 1.807) is 0 Å². The first-order valence-corrected chi connectivity index (χ1v) is 4.05. The number of nitro groups is 1. The van der Waals surface area contributed by atoms with Gasteiger partial charge in [-0.2, -0.15) is 0 Å². The van der Waals surface area contributed by atoms with E-state index in [4.69, 9.17) is 28.3 Å². The largest absolute Gasteiger partial charge is 0.392 e. The summed E-state index contributed by atoms with van der Waals surface area (Å²) in [5.41, 5.74) is -0.0762. The molecule has 0 heterocycles. The summed E-state index contributed by atoms with van der Waals surface area (Å²) in [5, 5.41) is 19.3. The normalized spacial score (nSPS) is 10.1. The molecule has 6 heteroatoms. The molecule has 0 saturated heterocycles. The predicted octanol–water partition coefficient (Wildman–Crippen LogP) is 2.39. The lowest BCUT2D eigenvalue weighted by atomic mass is 10.2. The second-order valence-electron chi connectivity index (χ2n) is 2.27. The summed E-state index contributed by atoms with van der Waals surface area (Å²) in [5.74, 6) is 0. The van der Waals surface area contributed by atoms with Crippen molar-refractivity contribution in [1.82, 2.24) is 0 Å². The summed E-state index contributed by atoms with van der Waals surface area (Å²) in [6, 6.07) is 2.53. The van der Waals surface area contributed by atoms with E-state index in [1.807, 2.05) is 0 Å². The van der Waals surface area contributed by atoms with Gasteiger partial charge in [0.1, 0.15) is 5.02 Å². The number of nitro benzene ring substituents is 1. The Morgan fingerprint density at radius 1 is 1.46 bits per heavy atom. The van der Waals surface area contributed by atoms with Gasteiger partial charge in [-0.05, 0) is 6.07 Å². The zero-order chi connectivity index (χ0) is 10.0. The Bertz CT molecular complexity index is 354. The molecule has 0 aliphatic rings. The summed E-state index contributed by atoms with van der Waals surface area (Å²) in [4.78, 5) is 9.77. The maximum Gasteiger partial charge on any atom is 0.288 e. The van der Waals surface area contributed by atoms with Crippen molar-refractivity contribution in [3.05, 3.63) is 37.9 Å². The number of nitrogens with zero attached hydrogens (tertiary/aromatic N) is 1. The number of aliphatic hydroxyl groups is 1. The molecule has 0 saturated carbocycles. The number of rotatable bonds is 2. The number of benzene rings is 1. The molecular formula is C7H5Cl2NO3. The molecule has 0 fully saturated rings. The molecule has 0 spiro atoms. The molecule has 0 amide bonds. The van der Waals surface area contributed by atoms with Gasteiger partial charge in [-0.25, -0.2) is 0 Å². The molecule has 0 aliphatic carbocycles. The van der Waals surface area contributed by atoms with Gasteiger partial charge in [0.05, 0.1) is 11.5 Å². The third kappa shape index (κ3) is 1.91. The number of hydrogen-bond donors (Lipinski definition) is 1. The highest BCUT2D eigenvalue weighted by Gasteiger charge is 2.17. The molecule has 0 atom stereocenters. The first-order valence-electron chi connectivity index (χ1n) is 3.30. The SMILES string of the molecule is O=[N+]([O-])c1ccc(Cl)c(CO)c1Cl. The Hall–Kier alpha value is -0.840. The van der Waals surface area contributed by atoms with Crippen LogP contribution in [-0.2, 0) is 6.61 Å². The number of halogens is 2. The lowest BCUT2D eigenvalue weighted by molar-refractivity contribution is -0.384. The van der Waals surface area contributed by atoms with E-state index in [1.165, 1.54) is 12.1 Å². The Morgan fingerprint density at radius 2 is 2.08 bits per heavy atom. The van der Waals surface area contributed by atoms with Crippen molar-refractivity contribution in [2.75, 3.05) is 0 Å². The molecule has 13 heavy (non-hydrogen) atoms. The second kappa shape index (κ2) is 3.91. The molecule has 0 unspecified atom stereocenters. The maximum atomic E-state index is 10.4. The van der Waals surface area contributed by atoms with Gasteiger partial charge in [-0.3, -0.25) is 10.1 Å². The van der Waals surface area contributed by atoms with E-state index in [0.717, 1.165) is 0 Å². The smallest absolute Gasteiger partial charge is 0.288 e. The fourth-order valence-corrected chi connectivity index (χ4v) is 1.43. The summed E-state index contributed by atoms with van der Waals surface area (Å²) >= 11 is 11.3. The Kier molecular flexibility index (Phi) is 3.08. The van der Waals surface area contributed by atoms with Gasteiger partial charge < -0.3 is 5.11 Å². The molecule has 1 rings (SSSR count). The highest BCUT2D eigenvalue weighted by atomic mass is 35.5. The van der Waals surface area contributed by atoms with Crippen LogP contribution < -0.4 is 0 Å². The van der Waals surface area contributed by atoms with E-state index in [-0.39, 0.29) is 21.3 Å². The second-order valence-corrected chi connectivity index (χ2v) is 3.06. The molecule has 0 radical (unpaired) electrons. The van der Waals surface area contributed by atoms with Crippen LogP contribution in [0.15, 0.2) is 12.1 Å². The highest BCUT2D eigenvalue weighted by Crippen LogP contribution is 2.32. The summed E-state index contributed by atoms with van der Waals surface area (Å²) < 4.78 is 0. The van der Waals surface area contributed by atoms with E-state index in [0.29, 0.717) is 0 Å². The van der Waals surface area contributed by atoms with Crippen molar-refractivity contribution in [3.63, 3.8) is 0 Å². The van der Waals surface area contributed by atoms with Crippen LogP contribution in [-0.4, -0.2) is 10.0 Å². The van der Waals surface area contributed by atoms with Crippen molar-refractivity contribution in [1.29, 1.82) is 0 Å². The van der Waals surface area contributed by atoms with E-state index < -0.39 is 11.5 Å². The van der Waals surface area contributed by atoms with Gasteiger partial charge in [-0.1, -0.05) is 23.2 Å². The van der Waals surface area contributed by atoms with E-state index in [2.05, 4.69) is 0 Å². The van der Waals surface area contributed by atoms with Crippen LogP contribution in [0.5, 0.6) is 0 Å². The molecule has 0 aliphatic heterocycles. The van der Waals surface area contributed by atoms with Gasteiger partial charge in [0, 0.05) is 16.7 Å². The minimum atomic E-state index is -0.627. The van der Waals surface area contributed by atoms with Gasteiger partial charge >= 0.3 is 0 Å². The standard InChI is InChI=1S/C7H5Cl2NO3/c8-5-1-2-6(10(12)13)7(9)4(5)3-11/h1-2,11H,3H2. The third-order valence-electron chi connectivity index (χ3n) is 1.52. The minimum absolute atomic E-state index is 0.111. The average Bonchev–Trinajstić information content (AvgIpc) is 2.04. The fraction of sp³-hybridized carbons (Fsp3) is 0.143. The van der Waals surface area contributed by atoms with Gasteiger partial charge in [-0.15, -0.1) is 0 Å². The average molecular weight is 222 g/mol. The van der Waals surface area contributed by atoms with Crippen LogP contribution in [0.3, 0.4) is 0 Å². The van der Waals surface area contributed by atoms with Gasteiger partial charge in [0.15, 0.2) is 0 Å². The van der Waals surface area contributed by atoms with Crippen LogP contribution in [0, 0.1) is 10.1 Å². The van der Waals surface area contributed by atoms with Crippen LogP contribution in [0.2, 0.25) is 10.0 Å². The van der Waals surface area contributed by atoms with Gasteiger partial charge in [0.2, 0.25) is 0 Å². The lowest BCUT2D eigenvalue weighted by Gasteiger charge is -2.02. The molecule has 0 bridgehead atoms. The quantitative estimate of drug-likeness (QED) is 0.617. The first-order chi connectivity index (χ1) is 6.07. The minimum Gasteiger partial charge on any atom is -0.392 e. The van der Waals surface area contributed by atoms with E-state index >= 15 is 0 Å². The number of hydrogen-bond acceptors (Lipinski definition) is 3. The molecule has 4 nitrogen and oxygen atoms in total. The monoisotopic (exact) mass is 221 g/mol. The van der Waals surface area contributed by atoms with Crippen LogP contribution in [0.4, 0.5) is 5.69 Å². The highest BCUT2D eigenvalue weighted by molar-refractivity contribution is 6.37. The lowest BCUT2D eigenvalue weighted by Crippen LogP contribution is -1.94. The van der Waals surface area contributed by atoms with Crippen LogP contribution in [0.25, 0.3) is 0 Å². The van der Waals surface area contributed by atoms with Gasteiger partial charge in [0.25, 0.3) is 5.69 Å². The Morgan fingerprint density at radius 3 is 2.54 bits per heavy atom. The van der Waals surface area contributed by atoms with E-state index in [9.17, 15) is 10.1 Å². The Labute approximate surface area is 83.9 Å². The van der Waals surface area contributed by atoms with Crippen molar-refractivity contribution >= 4 is 28.9 Å². The van der Waals surface area contributed by atoms with Crippen LogP contribution >= 0.6 is 23.2 Å². The predicted molar refractivity (Wildman–Crippen MR) is 49.0 cm³/mol. The molecule has 0 aromatic heterocycles. The molecule has 1 N–H and O–H groups in total. The zero-order valence-corrected chi connectivity index (χ0v) is 7.84. The molecule has 1 aromatic rings. The van der Waals surface area contributed by atoms with Crippen molar-refractivity contribution in [3.8, 4) is 0 Å². The third-order valence-corrected chi connectivity index (χ3v) is 2.30. The molecular weight excluding hydrogens is 217 g/mol. The number of aliphatic hydroxyl groups excluding tert-OH is 1. The zero-order valence-electron chi connectivity index (χ0n) is 6.33. The summed E-state index contributed by atoms with van der Waals surface area (Å²) in [7, 11) is 0. The fourth-order valence-electron chi connectivity index (χ4n) is 0.871. The first kappa shape index (κ1) is 10.2. The van der Waals surface area contributed by atoms with Crippen molar-refractivity contribution < 1.29 is 10.0 Å². The van der Waals surface area contributed by atoms with Crippen molar-refractivity contribution in [2.45, 2.75) is 6.61 Å². The topological polar surface area (TPSA) is 63.4 Å². The Balaban J connectivity index is 3.35. The molecule has 70 valence electrons. The molecule has 1 aromatic carbocycles. The summed E-state index contributed by atoms with van der Waals surface area (Å²) in [6.07, 6.45) is 0.